The summed E-state index contributed by atoms with van der Waals surface area (Å²) < 4.78 is 1.14. The minimum absolute atomic E-state index is 0.764. The first-order valence-electron chi connectivity index (χ1n) is 8.68. The largest absolute Gasteiger partial charge is 0.353 e. The summed E-state index contributed by atoms with van der Waals surface area (Å²) in [6.45, 7) is 3.79. The van der Waals surface area contributed by atoms with Gasteiger partial charge in [-0.1, -0.05) is 41.1 Å². The summed E-state index contributed by atoms with van der Waals surface area (Å²) in [7, 11) is 0. The molecule has 0 spiro atoms. The van der Waals surface area contributed by atoms with Gasteiger partial charge in [0.1, 0.15) is 5.82 Å². The zero-order chi connectivity index (χ0) is 17.5. The van der Waals surface area contributed by atoms with Gasteiger partial charge in [0.25, 0.3) is 0 Å². The number of halogens is 1. The third-order valence-electron chi connectivity index (χ3n) is 4.80. The van der Waals surface area contributed by atoms with Gasteiger partial charge >= 0.3 is 0 Å². The van der Waals surface area contributed by atoms with E-state index in [0.29, 0.717) is 0 Å². The van der Waals surface area contributed by atoms with Crippen molar-refractivity contribution in [1.82, 2.24) is 9.97 Å². The molecule has 0 N–H and O–H groups in total. The molecule has 26 heavy (non-hydrogen) atoms. The Morgan fingerprint density at radius 1 is 0.808 bits per heavy atom. The van der Waals surface area contributed by atoms with Crippen LogP contribution in [0.15, 0.2) is 54.6 Å². The number of thiazole rings is 1. The Kier molecular flexibility index (Phi) is 3.91. The zero-order valence-corrected chi connectivity index (χ0v) is 15.7. The normalized spacial score (nSPS) is 15.1. The van der Waals surface area contributed by atoms with Crippen LogP contribution >= 0.6 is 22.9 Å². The van der Waals surface area contributed by atoms with Gasteiger partial charge in [-0.15, -0.1) is 0 Å². The summed E-state index contributed by atoms with van der Waals surface area (Å²) in [4.78, 5) is 14.3. The molecule has 0 radical (unpaired) electrons. The fraction of sp³-hybridized carbons (Fsp3) is 0.200. The second-order valence-corrected chi connectivity index (χ2v) is 7.89. The minimum atomic E-state index is 0.764. The standard InChI is InChI=1S/C20H17ClN4S/c21-15-6-7-17-18(13-15)26-20(23-17)25-11-9-24(10-12-25)19-8-5-14-3-1-2-4-16(14)22-19/h1-8,13H,9-12H2. The van der Waals surface area contributed by atoms with Crippen LogP contribution in [0.25, 0.3) is 21.1 Å². The van der Waals surface area contributed by atoms with Crippen LogP contribution in [0.1, 0.15) is 0 Å². The number of para-hydroxylation sites is 1. The zero-order valence-electron chi connectivity index (χ0n) is 14.1. The van der Waals surface area contributed by atoms with Gasteiger partial charge in [-0.05, 0) is 36.4 Å². The van der Waals surface area contributed by atoms with Crippen molar-refractivity contribution in [3.05, 3.63) is 59.6 Å². The predicted molar refractivity (Wildman–Crippen MR) is 111 cm³/mol. The Morgan fingerprint density at radius 3 is 2.50 bits per heavy atom. The molecule has 0 amide bonds. The molecule has 130 valence electrons. The molecule has 2 aromatic heterocycles. The van der Waals surface area contributed by atoms with E-state index in [1.165, 1.54) is 5.39 Å². The van der Waals surface area contributed by atoms with Crippen molar-refractivity contribution in [3.8, 4) is 0 Å². The highest BCUT2D eigenvalue weighted by Crippen LogP contribution is 2.31. The van der Waals surface area contributed by atoms with Gasteiger partial charge in [-0.2, -0.15) is 0 Å². The van der Waals surface area contributed by atoms with Gasteiger partial charge in [0.05, 0.1) is 15.7 Å². The van der Waals surface area contributed by atoms with Crippen molar-refractivity contribution in [2.24, 2.45) is 0 Å². The summed E-state index contributed by atoms with van der Waals surface area (Å²) in [6, 6.07) is 18.4. The van der Waals surface area contributed by atoms with Crippen molar-refractivity contribution in [3.63, 3.8) is 0 Å². The maximum absolute atomic E-state index is 6.09. The molecule has 1 fully saturated rings. The summed E-state index contributed by atoms with van der Waals surface area (Å²) in [5, 5.41) is 3.02. The first kappa shape index (κ1) is 15.9. The maximum atomic E-state index is 6.09. The predicted octanol–water partition coefficient (Wildman–Crippen LogP) is 4.82. The highest BCUT2D eigenvalue weighted by atomic mass is 35.5. The molecule has 1 saturated heterocycles. The number of rotatable bonds is 2. The van der Waals surface area contributed by atoms with Crippen molar-refractivity contribution < 1.29 is 0 Å². The van der Waals surface area contributed by atoms with E-state index in [0.717, 1.165) is 57.9 Å². The molecule has 0 aliphatic carbocycles. The van der Waals surface area contributed by atoms with E-state index >= 15 is 0 Å². The third-order valence-corrected chi connectivity index (χ3v) is 6.11. The van der Waals surface area contributed by atoms with Gasteiger partial charge in [-0.3, -0.25) is 0 Å². The van der Waals surface area contributed by atoms with E-state index in [-0.39, 0.29) is 0 Å². The van der Waals surface area contributed by atoms with Crippen LogP contribution in [0, 0.1) is 0 Å². The summed E-state index contributed by atoms with van der Waals surface area (Å²) in [6.07, 6.45) is 0. The second kappa shape index (κ2) is 6.41. The molecule has 6 heteroatoms. The smallest absolute Gasteiger partial charge is 0.186 e. The molecule has 2 aromatic carbocycles. The monoisotopic (exact) mass is 380 g/mol. The average molecular weight is 381 g/mol. The van der Waals surface area contributed by atoms with Gasteiger partial charge in [0.2, 0.25) is 0 Å². The Balaban J connectivity index is 1.34. The lowest BCUT2D eigenvalue weighted by atomic mass is 10.2. The van der Waals surface area contributed by atoms with Crippen LogP contribution in [-0.2, 0) is 0 Å². The van der Waals surface area contributed by atoms with E-state index in [4.69, 9.17) is 21.6 Å². The minimum Gasteiger partial charge on any atom is -0.353 e. The molecule has 1 aliphatic rings. The summed E-state index contributed by atoms with van der Waals surface area (Å²) in [5.74, 6) is 1.06. The number of hydrogen-bond donors (Lipinski definition) is 0. The fourth-order valence-corrected chi connectivity index (χ4v) is 4.67. The number of anilines is 2. The molecule has 3 heterocycles. The third kappa shape index (κ3) is 2.87. The van der Waals surface area contributed by atoms with E-state index in [1.807, 2.05) is 30.3 Å². The van der Waals surface area contributed by atoms with E-state index < -0.39 is 0 Å². The number of pyridine rings is 1. The number of aromatic nitrogens is 2. The van der Waals surface area contributed by atoms with Gasteiger partial charge in [0.15, 0.2) is 5.13 Å². The molecule has 4 aromatic rings. The Hall–Kier alpha value is -2.37. The van der Waals surface area contributed by atoms with Gasteiger partial charge in [-0.25, -0.2) is 9.97 Å². The first-order valence-corrected chi connectivity index (χ1v) is 9.87. The van der Waals surface area contributed by atoms with Gasteiger partial charge < -0.3 is 9.80 Å². The fourth-order valence-electron chi connectivity index (χ4n) is 3.38. The van der Waals surface area contributed by atoms with E-state index in [1.54, 1.807) is 11.3 Å². The summed E-state index contributed by atoms with van der Waals surface area (Å²) >= 11 is 7.81. The van der Waals surface area contributed by atoms with Crippen LogP contribution in [0.5, 0.6) is 0 Å². The number of piperazine rings is 1. The number of hydrogen-bond acceptors (Lipinski definition) is 5. The SMILES string of the molecule is Clc1ccc2nc(N3CCN(c4ccc5ccccc5n4)CC3)sc2c1. The molecule has 4 nitrogen and oxygen atoms in total. The van der Waals surface area contributed by atoms with Crippen molar-refractivity contribution in [2.45, 2.75) is 0 Å². The van der Waals surface area contributed by atoms with Crippen molar-refractivity contribution >= 4 is 55.0 Å². The molecule has 0 unspecified atom stereocenters. The van der Waals surface area contributed by atoms with Crippen molar-refractivity contribution in [2.75, 3.05) is 36.0 Å². The van der Waals surface area contributed by atoms with E-state index in [2.05, 4.69) is 34.1 Å². The van der Waals surface area contributed by atoms with Crippen molar-refractivity contribution in [1.29, 1.82) is 0 Å². The Labute approximate surface area is 160 Å². The highest BCUT2D eigenvalue weighted by Gasteiger charge is 2.21. The molecule has 0 bridgehead atoms. The number of benzene rings is 2. The molecule has 0 saturated carbocycles. The second-order valence-electron chi connectivity index (χ2n) is 6.44. The highest BCUT2D eigenvalue weighted by molar-refractivity contribution is 7.22. The maximum Gasteiger partial charge on any atom is 0.186 e. The number of fused-ring (bicyclic) bond motifs is 2. The molecular weight excluding hydrogens is 364 g/mol. The first-order chi connectivity index (χ1) is 12.8. The number of nitrogens with zero attached hydrogens (tertiary/aromatic N) is 4. The molecular formula is C20H17ClN4S. The Bertz CT molecular complexity index is 1090. The topological polar surface area (TPSA) is 32.3 Å². The van der Waals surface area contributed by atoms with Crippen LogP contribution in [0.4, 0.5) is 10.9 Å². The molecule has 1 aliphatic heterocycles. The van der Waals surface area contributed by atoms with Crippen LogP contribution in [0.3, 0.4) is 0 Å². The van der Waals surface area contributed by atoms with Gasteiger partial charge in [0, 0.05) is 36.6 Å². The molecule has 0 atom stereocenters. The lowest BCUT2D eigenvalue weighted by molar-refractivity contribution is 0.647. The van der Waals surface area contributed by atoms with Crippen LogP contribution < -0.4 is 9.80 Å². The van der Waals surface area contributed by atoms with Crippen LogP contribution in [0.2, 0.25) is 5.02 Å². The Morgan fingerprint density at radius 2 is 1.62 bits per heavy atom. The van der Waals surface area contributed by atoms with E-state index in [9.17, 15) is 0 Å². The molecule has 5 rings (SSSR count). The summed E-state index contributed by atoms with van der Waals surface area (Å²) in [5.41, 5.74) is 2.07. The quantitative estimate of drug-likeness (QED) is 0.499. The lowest BCUT2D eigenvalue weighted by Crippen LogP contribution is -2.46. The average Bonchev–Trinajstić information content (AvgIpc) is 3.11. The lowest BCUT2D eigenvalue weighted by Gasteiger charge is -2.35. The van der Waals surface area contributed by atoms with Crippen LogP contribution in [-0.4, -0.2) is 36.1 Å².